The van der Waals surface area contributed by atoms with Gasteiger partial charge < -0.3 is 15.2 Å². The van der Waals surface area contributed by atoms with Crippen LogP contribution in [0, 0.1) is 0 Å². The van der Waals surface area contributed by atoms with E-state index >= 15 is 0 Å². The number of aliphatic imine (C=N–C) groups is 1. The van der Waals surface area contributed by atoms with Gasteiger partial charge in [-0.15, -0.1) is 0 Å². The van der Waals surface area contributed by atoms with Crippen LogP contribution in [0.5, 0.6) is 11.6 Å². The van der Waals surface area contributed by atoms with Crippen molar-refractivity contribution in [2.24, 2.45) is 4.99 Å². The molecule has 0 radical (unpaired) electrons. The van der Waals surface area contributed by atoms with Crippen LogP contribution >= 0.6 is 0 Å². The van der Waals surface area contributed by atoms with Gasteiger partial charge in [0, 0.05) is 36.1 Å². The van der Waals surface area contributed by atoms with Gasteiger partial charge in [0.25, 0.3) is 5.56 Å². The number of methoxy groups -OCH3 is 1. The number of anilines is 1. The second-order valence-corrected chi connectivity index (χ2v) is 7.43. The van der Waals surface area contributed by atoms with Crippen molar-refractivity contribution in [2.45, 2.75) is 6.18 Å². The van der Waals surface area contributed by atoms with Gasteiger partial charge in [-0.25, -0.2) is 4.98 Å². The lowest BCUT2D eigenvalue weighted by molar-refractivity contribution is -0.154. The molecule has 180 valence electrons. The molecule has 0 fully saturated rings. The van der Waals surface area contributed by atoms with Gasteiger partial charge in [0.05, 0.1) is 12.8 Å². The highest BCUT2D eigenvalue weighted by molar-refractivity contribution is 5.89. The Morgan fingerprint density at radius 1 is 1.09 bits per heavy atom. The fraction of sp³-hybridized carbons (Fsp3) is 0.167. The summed E-state index contributed by atoms with van der Waals surface area (Å²) in [6.07, 6.45) is -2.98. The Labute approximate surface area is 197 Å². The van der Waals surface area contributed by atoms with E-state index in [-0.39, 0.29) is 22.7 Å². The molecular formula is C24H20F3N5O3. The lowest BCUT2D eigenvalue weighted by Crippen LogP contribution is -2.24. The molecule has 2 heterocycles. The number of nitrogens with zero attached hydrogens (tertiary/aromatic N) is 4. The molecule has 11 heteroatoms. The van der Waals surface area contributed by atoms with Crippen molar-refractivity contribution >= 4 is 23.1 Å². The molecule has 0 atom stereocenters. The van der Waals surface area contributed by atoms with E-state index in [0.29, 0.717) is 28.3 Å². The summed E-state index contributed by atoms with van der Waals surface area (Å²) >= 11 is 0. The summed E-state index contributed by atoms with van der Waals surface area (Å²) in [7, 11) is 3.10. The Balaban J connectivity index is 1.95. The summed E-state index contributed by atoms with van der Waals surface area (Å²) in [5.41, 5.74) is 7.86. The number of hydrogen-bond acceptors (Lipinski definition) is 7. The number of nitrogen functional groups attached to an aromatic ring is 1. The minimum atomic E-state index is -4.54. The average Bonchev–Trinajstić information content (AvgIpc) is 2.83. The van der Waals surface area contributed by atoms with Gasteiger partial charge >= 0.3 is 6.18 Å². The van der Waals surface area contributed by atoms with Crippen molar-refractivity contribution in [2.75, 3.05) is 26.5 Å². The molecule has 4 rings (SSSR count). The third-order valence-corrected chi connectivity index (χ3v) is 5.02. The van der Waals surface area contributed by atoms with E-state index in [0.717, 1.165) is 0 Å². The maximum atomic E-state index is 13.7. The Kier molecular flexibility index (Phi) is 6.41. The highest BCUT2D eigenvalue weighted by Crippen LogP contribution is 2.25. The number of pyridine rings is 1. The molecule has 0 amide bonds. The van der Waals surface area contributed by atoms with Crippen LogP contribution in [-0.4, -0.2) is 47.7 Å². The molecule has 2 N–H and O–H groups in total. The molecule has 2 aromatic carbocycles. The van der Waals surface area contributed by atoms with Crippen molar-refractivity contribution in [3.63, 3.8) is 0 Å². The third-order valence-electron chi connectivity index (χ3n) is 5.02. The first-order chi connectivity index (χ1) is 16.7. The van der Waals surface area contributed by atoms with Crippen molar-refractivity contribution in [3.05, 3.63) is 70.5 Å². The SMILES string of the molecule is CN=Cc1cc(-c2nc3ccc(OCC(F)(F)F)nc3n(-c3ccc(OC)cc3)c2=O)ccc1N. The van der Waals surface area contributed by atoms with E-state index in [9.17, 15) is 18.0 Å². The minimum Gasteiger partial charge on any atom is -0.497 e. The quantitative estimate of drug-likeness (QED) is 0.328. The summed E-state index contributed by atoms with van der Waals surface area (Å²) in [6.45, 7) is -1.52. The molecule has 0 aliphatic heterocycles. The Morgan fingerprint density at radius 3 is 2.49 bits per heavy atom. The van der Waals surface area contributed by atoms with Crippen LogP contribution in [0.1, 0.15) is 5.56 Å². The molecule has 4 aromatic rings. The van der Waals surface area contributed by atoms with Gasteiger partial charge in [-0.05, 0) is 42.5 Å². The number of nitrogens with two attached hydrogens (primary N) is 1. The van der Waals surface area contributed by atoms with Crippen LogP contribution in [0.25, 0.3) is 28.1 Å². The van der Waals surface area contributed by atoms with Gasteiger partial charge in [-0.2, -0.15) is 18.2 Å². The number of benzene rings is 2. The van der Waals surface area contributed by atoms with Gasteiger partial charge in [-0.1, -0.05) is 6.07 Å². The first kappa shape index (κ1) is 23.7. The van der Waals surface area contributed by atoms with E-state index in [1.54, 1.807) is 55.7 Å². The molecule has 0 bridgehead atoms. The molecule has 0 aliphatic carbocycles. The Morgan fingerprint density at radius 2 is 1.83 bits per heavy atom. The lowest BCUT2D eigenvalue weighted by atomic mass is 10.1. The Bertz CT molecular complexity index is 1460. The number of ether oxygens (including phenoxy) is 2. The van der Waals surface area contributed by atoms with Crippen molar-refractivity contribution in [1.82, 2.24) is 14.5 Å². The third kappa shape index (κ3) is 5.08. The number of alkyl halides is 3. The second kappa shape index (κ2) is 9.45. The molecular weight excluding hydrogens is 463 g/mol. The topological polar surface area (TPSA) is 105 Å². The predicted molar refractivity (Wildman–Crippen MR) is 127 cm³/mol. The normalized spacial score (nSPS) is 11.8. The van der Waals surface area contributed by atoms with Gasteiger partial charge in [0.15, 0.2) is 12.3 Å². The molecule has 0 aliphatic rings. The fourth-order valence-electron chi connectivity index (χ4n) is 3.41. The van der Waals surface area contributed by atoms with Crippen LogP contribution in [0.4, 0.5) is 18.9 Å². The van der Waals surface area contributed by atoms with Crippen LogP contribution < -0.4 is 20.8 Å². The van der Waals surface area contributed by atoms with Crippen LogP contribution in [-0.2, 0) is 0 Å². The van der Waals surface area contributed by atoms with Crippen LogP contribution in [0.2, 0.25) is 0 Å². The minimum absolute atomic E-state index is 0.0365. The molecule has 8 nitrogen and oxygen atoms in total. The zero-order chi connectivity index (χ0) is 25.2. The molecule has 0 saturated heterocycles. The van der Waals surface area contributed by atoms with E-state index < -0.39 is 18.3 Å². The summed E-state index contributed by atoms with van der Waals surface area (Å²) in [6, 6.07) is 14.3. The van der Waals surface area contributed by atoms with Gasteiger partial charge in [-0.3, -0.25) is 14.4 Å². The molecule has 0 spiro atoms. The van der Waals surface area contributed by atoms with E-state index in [1.165, 1.54) is 23.8 Å². The fourth-order valence-corrected chi connectivity index (χ4v) is 3.41. The van der Waals surface area contributed by atoms with Crippen LogP contribution in [0.15, 0.2) is 64.4 Å². The van der Waals surface area contributed by atoms with Crippen molar-refractivity contribution in [1.29, 1.82) is 0 Å². The lowest BCUT2D eigenvalue weighted by Gasteiger charge is -2.14. The van der Waals surface area contributed by atoms with E-state index in [2.05, 4.69) is 15.0 Å². The maximum Gasteiger partial charge on any atom is 0.422 e. The Hall–Kier alpha value is -4.41. The largest absolute Gasteiger partial charge is 0.497 e. The molecule has 0 unspecified atom stereocenters. The predicted octanol–water partition coefficient (Wildman–Crippen LogP) is 4.03. The summed E-state index contributed by atoms with van der Waals surface area (Å²) in [5.74, 6) is 0.268. The zero-order valence-electron chi connectivity index (χ0n) is 18.7. The summed E-state index contributed by atoms with van der Waals surface area (Å²) in [5, 5.41) is 0. The molecule has 2 aromatic heterocycles. The second-order valence-electron chi connectivity index (χ2n) is 7.43. The van der Waals surface area contributed by atoms with Gasteiger partial charge in [0.2, 0.25) is 5.88 Å². The van der Waals surface area contributed by atoms with Crippen molar-refractivity contribution < 1.29 is 22.6 Å². The molecule has 0 saturated carbocycles. The highest BCUT2D eigenvalue weighted by Gasteiger charge is 2.29. The zero-order valence-corrected chi connectivity index (χ0v) is 18.7. The van der Waals surface area contributed by atoms with Crippen molar-refractivity contribution in [3.8, 4) is 28.6 Å². The number of halogens is 3. The van der Waals surface area contributed by atoms with Crippen LogP contribution in [0.3, 0.4) is 0 Å². The maximum absolute atomic E-state index is 13.7. The van der Waals surface area contributed by atoms with E-state index in [1.807, 2.05) is 0 Å². The number of aromatic nitrogens is 3. The first-order valence-electron chi connectivity index (χ1n) is 10.3. The first-order valence-corrected chi connectivity index (χ1v) is 10.3. The summed E-state index contributed by atoms with van der Waals surface area (Å²) < 4.78 is 49.2. The van der Waals surface area contributed by atoms with Gasteiger partial charge in [0.1, 0.15) is 17.0 Å². The number of fused-ring (bicyclic) bond motifs is 1. The smallest absolute Gasteiger partial charge is 0.422 e. The summed E-state index contributed by atoms with van der Waals surface area (Å²) in [4.78, 5) is 26.3. The highest BCUT2D eigenvalue weighted by atomic mass is 19.4. The number of hydrogen-bond donors (Lipinski definition) is 1. The van der Waals surface area contributed by atoms with E-state index in [4.69, 9.17) is 15.2 Å². The number of rotatable bonds is 6. The monoisotopic (exact) mass is 483 g/mol. The average molecular weight is 483 g/mol. The standard InChI is InChI=1S/C24H20F3N5O3/c1-29-12-15-11-14(3-8-18(15)28)21-23(33)32(16-4-6-17(34-2)7-5-16)22-19(30-21)9-10-20(31-22)35-13-24(25,26)27/h3-12H,13,28H2,1-2H3. The molecule has 35 heavy (non-hydrogen) atoms.